The predicted molar refractivity (Wildman–Crippen MR) is 121 cm³/mol. The monoisotopic (exact) mass is 471 g/mol. The number of carboxylic acids is 1. The molecule has 0 amide bonds. The molecule has 2 unspecified atom stereocenters. The lowest BCUT2D eigenvalue weighted by Gasteiger charge is -2.37. The molecular formula is C23H20ClN2O5S-. The van der Waals surface area contributed by atoms with Crippen LogP contribution in [0.2, 0.25) is 5.02 Å². The Labute approximate surface area is 193 Å². The van der Waals surface area contributed by atoms with Crippen molar-refractivity contribution in [1.29, 1.82) is 0 Å². The summed E-state index contributed by atoms with van der Waals surface area (Å²) in [7, 11) is 0. The largest absolute Gasteiger partial charge is 0.755 e. The second kappa shape index (κ2) is 9.68. The average Bonchev–Trinajstić information content (AvgIpc) is 2.78. The first-order chi connectivity index (χ1) is 15.5. The van der Waals surface area contributed by atoms with Gasteiger partial charge in [0, 0.05) is 33.6 Å². The van der Waals surface area contributed by atoms with E-state index in [-0.39, 0.29) is 0 Å². The first-order valence-electron chi connectivity index (χ1n) is 10.0. The van der Waals surface area contributed by atoms with Crippen molar-refractivity contribution in [2.75, 3.05) is 10.9 Å². The standard InChI is InChI=1S/C23H21ClN2O5S/c24-19-8-2-1-5-16(19)15-11-12-22(25-13-15)26(32(29)30)20-9-3-7-18-17(20)6-4-10-21(18)31-14-23(27)28/h1-2,4-6,8,10-13,20H,3,7,9,14H2,(H,27,28)(H,29,30)/p-1. The molecule has 9 heteroatoms. The van der Waals surface area contributed by atoms with Gasteiger partial charge in [0.2, 0.25) is 0 Å². The van der Waals surface area contributed by atoms with Crippen LogP contribution in [-0.4, -0.2) is 31.4 Å². The summed E-state index contributed by atoms with van der Waals surface area (Å²) in [6, 6.07) is 15.7. The normalized spacial score (nSPS) is 16.1. The number of aromatic nitrogens is 1. The zero-order valence-electron chi connectivity index (χ0n) is 16.9. The molecular weight excluding hydrogens is 452 g/mol. The molecule has 0 fully saturated rings. The topological polar surface area (TPSA) is 103 Å². The van der Waals surface area contributed by atoms with Crippen molar-refractivity contribution >= 4 is 34.7 Å². The Balaban J connectivity index is 1.68. The second-order valence-corrected chi connectivity index (χ2v) is 8.58. The molecule has 0 saturated carbocycles. The van der Waals surface area contributed by atoms with Gasteiger partial charge < -0.3 is 14.4 Å². The number of halogens is 1. The van der Waals surface area contributed by atoms with Crippen LogP contribution in [-0.2, 0) is 22.5 Å². The van der Waals surface area contributed by atoms with E-state index in [4.69, 9.17) is 21.4 Å². The number of benzene rings is 2. The summed E-state index contributed by atoms with van der Waals surface area (Å²) < 4.78 is 31.2. The van der Waals surface area contributed by atoms with Crippen LogP contribution in [0.5, 0.6) is 5.75 Å². The number of aliphatic carboxylic acids is 1. The van der Waals surface area contributed by atoms with E-state index in [1.54, 1.807) is 36.5 Å². The molecule has 1 heterocycles. The third-order valence-corrected chi connectivity index (χ3v) is 6.48. The van der Waals surface area contributed by atoms with Crippen LogP contribution in [0.25, 0.3) is 11.1 Å². The van der Waals surface area contributed by atoms with E-state index in [9.17, 15) is 13.6 Å². The van der Waals surface area contributed by atoms with E-state index in [1.165, 1.54) is 4.31 Å². The molecule has 166 valence electrons. The van der Waals surface area contributed by atoms with Gasteiger partial charge in [-0.1, -0.05) is 41.9 Å². The average molecular weight is 472 g/mol. The minimum Gasteiger partial charge on any atom is -0.755 e. The maximum Gasteiger partial charge on any atom is 0.341 e. The highest BCUT2D eigenvalue weighted by Crippen LogP contribution is 2.41. The summed E-state index contributed by atoms with van der Waals surface area (Å²) in [6.45, 7) is -0.455. The van der Waals surface area contributed by atoms with E-state index < -0.39 is 29.9 Å². The van der Waals surface area contributed by atoms with E-state index >= 15 is 0 Å². The van der Waals surface area contributed by atoms with E-state index in [1.807, 2.05) is 24.3 Å². The van der Waals surface area contributed by atoms with Crippen molar-refractivity contribution in [3.05, 3.63) is 76.9 Å². The van der Waals surface area contributed by atoms with Crippen molar-refractivity contribution in [2.24, 2.45) is 0 Å². The van der Waals surface area contributed by atoms with Gasteiger partial charge >= 0.3 is 5.97 Å². The number of fused-ring (bicyclic) bond motifs is 1. The summed E-state index contributed by atoms with van der Waals surface area (Å²) in [5.41, 5.74) is 3.21. The number of rotatable bonds is 7. The Hall–Kier alpha value is -2.94. The lowest BCUT2D eigenvalue weighted by Crippen LogP contribution is -2.33. The molecule has 0 spiro atoms. The quantitative estimate of drug-likeness (QED) is 0.507. The number of carboxylic acid groups (broad SMARTS) is 1. The molecule has 1 aromatic heterocycles. The van der Waals surface area contributed by atoms with Crippen LogP contribution in [0.15, 0.2) is 60.8 Å². The Kier molecular flexibility index (Phi) is 6.74. The smallest absolute Gasteiger partial charge is 0.341 e. The number of anilines is 1. The molecule has 0 bridgehead atoms. The Bertz CT molecular complexity index is 1160. The molecule has 1 N–H and O–H groups in total. The molecule has 32 heavy (non-hydrogen) atoms. The SMILES string of the molecule is O=C(O)COc1cccc2c1CCCC2N(c1ccc(-c2ccccc2Cl)cn1)S(=O)[O-]. The van der Waals surface area contributed by atoms with Crippen molar-refractivity contribution in [3.8, 4) is 16.9 Å². The molecule has 2 atom stereocenters. The first-order valence-corrected chi connectivity index (χ1v) is 11.4. The molecule has 1 aliphatic carbocycles. The Morgan fingerprint density at radius 2 is 2.03 bits per heavy atom. The van der Waals surface area contributed by atoms with Crippen molar-refractivity contribution < 1.29 is 23.4 Å². The lowest BCUT2D eigenvalue weighted by molar-refractivity contribution is -0.139. The third-order valence-electron chi connectivity index (χ3n) is 5.39. The third kappa shape index (κ3) is 4.62. The van der Waals surface area contributed by atoms with Gasteiger partial charge in [0.25, 0.3) is 0 Å². The van der Waals surface area contributed by atoms with Gasteiger partial charge in [-0.25, -0.2) is 9.78 Å². The van der Waals surface area contributed by atoms with Crippen LogP contribution in [0.1, 0.15) is 30.0 Å². The first kappa shape index (κ1) is 22.3. The van der Waals surface area contributed by atoms with Gasteiger partial charge in [0.05, 0.1) is 6.04 Å². The molecule has 0 aliphatic heterocycles. The van der Waals surface area contributed by atoms with Crippen molar-refractivity contribution in [2.45, 2.75) is 25.3 Å². The number of nitrogens with zero attached hydrogens (tertiary/aromatic N) is 2. The molecule has 3 aromatic rings. The van der Waals surface area contributed by atoms with E-state index in [0.29, 0.717) is 29.4 Å². The summed E-state index contributed by atoms with van der Waals surface area (Å²) in [5, 5.41) is 9.52. The number of ether oxygens (including phenoxy) is 1. The lowest BCUT2D eigenvalue weighted by atomic mass is 9.87. The number of hydrogen-bond acceptors (Lipinski definition) is 5. The van der Waals surface area contributed by atoms with Gasteiger partial charge in [-0.3, -0.25) is 8.51 Å². The Morgan fingerprint density at radius 3 is 2.72 bits per heavy atom. The molecule has 0 saturated heterocycles. The van der Waals surface area contributed by atoms with Crippen LogP contribution < -0.4 is 9.04 Å². The van der Waals surface area contributed by atoms with E-state index in [0.717, 1.165) is 28.7 Å². The maximum atomic E-state index is 12.3. The summed E-state index contributed by atoms with van der Waals surface area (Å²) in [4.78, 5) is 15.3. The summed E-state index contributed by atoms with van der Waals surface area (Å²) in [6.07, 6.45) is 3.63. The number of hydrogen-bond donors (Lipinski definition) is 1. The van der Waals surface area contributed by atoms with Crippen molar-refractivity contribution in [1.82, 2.24) is 4.98 Å². The highest BCUT2D eigenvalue weighted by atomic mass is 35.5. The van der Waals surface area contributed by atoms with Crippen molar-refractivity contribution in [3.63, 3.8) is 0 Å². The minimum atomic E-state index is -2.57. The summed E-state index contributed by atoms with van der Waals surface area (Å²) in [5.74, 6) is -0.308. The highest BCUT2D eigenvalue weighted by Gasteiger charge is 2.30. The van der Waals surface area contributed by atoms with Crippen LogP contribution in [0, 0.1) is 0 Å². The predicted octanol–water partition coefficient (Wildman–Crippen LogP) is 4.54. The zero-order valence-corrected chi connectivity index (χ0v) is 18.5. The van der Waals surface area contributed by atoms with Crippen LogP contribution in [0.3, 0.4) is 0 Å². The number of pyridine rings is 1. The van der Waals surface area contributed by atoms with Crippen LogP contribution in [0.4, 0.5) is 5.82 Å². The van der Waals surface area contributed by atoms with Gasteiger partial charge in [-0.15, -0.1) is 0 Å². The molecule has 1 aliphatic rings. The fourth-order valence-electron chi connectivity index (χ4n) is 4.02. The van der Waals surface area contributed by atoms with Gasteiger partial charge in [0.15, 0.2) is 6.61 Å². The number of carbonyl (C=O) groups is 1. The maximum absolute atomic E-state index is 12.3. The molecule has 2 aromatic carbocycles. The fourth-order valence-corrected chi connectivity index (χ4v) is 4.95. The van der Waals surface area contributed by atoms with E-state index in [2.05, 4.69) is 4.98 Å². The molecule has 0 radical (unpaired) electrons. The van der Waals surface area contributed by atoms with Gasteiger partial charge in [0.1, 0.15) is 11.6 Å². The minimum absolute atomic E-state index is 0.295. The molecule has 7 nitrogen and oxygen atoms in total. The van der Waals surface area contributed by atoms with Gasteiger partial charge in [-0.05, 0) is 54.7 Å². The molecule has 4 rings (SSSR count). The fraction of sp³-hybridized carbons (Fsp3) is 0.217. The Morgan fingerprint density at radius 1 is 1.22 bits per heavy atom. The highest BCUT2D eigenvalue weighted by molar-refractivity contribution is 7.80. The van der Waals surface area contributed by atoms with Gasteiger partial charge in [-0.2, -0.15) is 0 Å². The van der Waals surface area contributed by atoms with Crippen LogP contribution >= 0.6 is 11.6 Å². The summed E-state index contributed by atoms with van der Waals surface area (Å²) >= 11 is 3.69. The second-order valence-electron chi connectivity index (χ2n) is 7.34. The zero-order chi connectivity index (χ0) is 22.7.